The van der Waals surface area contributed by atoms with E-state index in [0.29, 0.717) is 11.6 Å². The molecule has 0 saturated heterocycles. The Balaban J connectivity index is 1.77. The average Bonchev–Trinajstić information content (AvgIpc) is 3.00. The lowest BCUT2D eigenvalue weighted by atomic mass is 10.1. The average molecular weight is 229 g/mol. The summed E-state index contributed by atoms with van der Waals surface area (Å²) in [6.07, 6.45) is 3.95. The van der Waals surface area contributed by atoms with Gasteiger partial charge in [0.25, 0.3) is 5.89 Å². The van der Waals surface area contributed by atoms with Crippen LogP contribution in [-0.2, 0) is 15.9 Å². The van der Waals surface area contributed by atoms with Crippen LogP contribution in [0.2, 0.25) is 0 Å². The number of ether oxygens (including phenoxy) is 2. The van der Waals surface area contributed by atoms with Crippen LogP contribution in [0.5, 0.6) is 0 Å². The molecule has 3 rings (SSSR count). The molecule has 1 aliphatic heterocycles. The summed E-state index contributed by atoms with van der Waals surface area (Å²) < 4.78 is 15.7. The van der Waals surface area contributed by atoms with Gasteiger partial charge in [0.1, 0.15) is 12.0 Å². The Hall–Kier alpha value is -2.23. The highest BCUT2D eigenvalue weighted by molar-refractivity contribution is 5.50. The molecule has 0 radical (unpaired) electrons. The highest BCUT2D eigenvalue weighted by Gasteiger charge is 2.15. The van der Waals surface area contributed by atoms with E-state index < -0.39 is 0 Å². The van der Waals surface area contributed by atoms with E-state index in [1.807, 2.05) is 18.2 Å². The van der Waals surface area contributed by atoms with E-state index in [4.69, 9.17) is 13.9 Å². The van der Waals surface area contributed by atoms with Gasteiger partial charge in [-0.1, -0.05) is 30.3 Å². The molecule has 0 N–H and O–H groups in total. The molecule has 17 heavy (non-hydrogen) atoms. The molecule has 0 fully saturated rings. The molecular weight excluding hydrogens is 218 g/mol. The zero-order chi connectivity index (χ0) is 11.5. The maximum absolute atomic E-state index is 5.59. The van der Waals surface area contributed by atoms with Crippen molar-refractivity contribution in [3.05, 3.63) is 60.0 Å². The molecule has 0 unspecified atom stereocenters. The fourth-order valence-electron chi connectivity index (χ4n) is 1.65. The van der Waals surface area contributed by atoms with Crippen LogP contribution in [0.4, 0.5) is 0 Å². The first-order valence-corrected chi connectivity index (χ1v) is 5.35. The third kappa shape index (κ3) is 2.15. The predicted molar refractivity (Wildman–Crippen MR) is 60.8 cm³/mol. The van der Waals surface area contributed by atoms with E-state index in [1.54, 1.807) is 6.20 Å². The number of benzene rings is 1. The summed E-state index contributed by atoms with van der Waals surface area (Å²) in [7, 11) is 0. The molecule has 0 atom stereocenters. The van der Waals surface area contributed by atoms with Crippen LogP contribution in [0.3, 0.4) is 0 Å². The van der Waals surface area contributed by atoms with Crippen LogP contribution in [-0.4, -0.2) is 11.8 Å². The summed E-state index contributed by atoms with van der Waals surface area (Å²) in [6, 6.07) is 10.1. The van der Waals surface area contributed by atoms with Gasteiger partial charge in [0.2, 0.25) is 12.6 Å². The van der Waals surface area contributed by atoms with Crippen LogP contribution in [0.25, 0.3) is 5.76 Å². The van der Waals surface area contributed by atoms with Gasteiger partial charge in [-0.3, -0.25) is 0 Å². The Kier molecular flexibility index (Phi) is 2.54. The quantitative estimate of drug-likeness (QED) is 0.811. The molecule has 86 valence electrons. The molecule has 1 aliphatic rings. The van der Waals surface area contributed by atoms with Gasteiger partial charge in [-0.25, -0.2) is 4.98 Å². The molecule has 0 spiro atoms. The molecule has 0 saturated carbocycles. The summed E-state index contributed by atoms with van der Waals surface area (Å²) >= 11 is 0. The molecular formula is C13H11NO3. The van der Waals surface area contributed by atoms with E-state index in [-0.39, 0.29) is 6.79 Å². The van der Waals surface area contributed by atoms with Crippen molar-refractivity contribution in [3.63, 3.8) is 0 Å². The molecule has 1 aromatic heterocycles. The number of nitrogens with zero attached hydrogens (tertiary/aromatic N) is 1. The molecule has 1 aromatic carbocycles. The maximum atomic E-state index is 5.59. The number of oxazole rings is 1. The van der Waals surface area contributed by atoms with Crippen molar-refractivity contribution in [2.24, 2.45) is 0 Å². The van der Waals surface area contributed by atoms with Crippen LogP contribution >= 0.6 is 0 Å². The minimum atomic E-state index is 0.228. The van der Waals surface area contributed by atoms with Gasteiger partial charge in [-0.15, -0.1) is 0 Å². The molecule has 0 bridgehead atoms. The summed E-state index contributed by atoms with van der Waals surface area (Å²) in [5.74, 6) is 1.82. The maximum Gasteiger partial charge on any atom is 0.265 e. The van der Waals surface area contributed by atoms with Crippen molar-refractivity contribution in [1.82, 2.24) is 4.98 Å². The predicted octanol–water partition coefficient (Wildman–Crippen LogP) is 2.57. The van der Waals surface area contributed by atoms with Crippen LogP contribution < -0.4 is 0 Å². The minimum Gasteiger partial charge on any atom is -0.461 e. The number of aromatic nitrogens is 1. The van der Waals surface area contributed by atoms with Gasteiger partial charge in [0.15, 0.2) is 0 Å². The van der Waals surface area contributed by atoms with Crippen LogP contribution in [0, 0.1) is 0 Å². The van der Waals surface area contributed by atoms with Crippen molar-refractivity contribution in [3.8, 4) is 0 Å². The molecule has 4 nitrogen and oxygen atoms in total. The molecule has 0 amide bonds. The topological polar surface area (TPSA) is 44.5 Å². The second-order valence-electron chi connectivity index (χ2n) is 3.71. The SMILES string of the molecule is C1=C(c2ncc(Cc3ccccc3)o2)OCO1. The minimum absolute atomic E-state index is 0.228. The highest BCUT2D eigenvalue weighted by Crippen LogP contribution is 2.21. The van der Waals surface area contributed by atoms with Crippen molar-refractivity contribution in [2.45, 2.75) is 6.42 Å². The first-order chi connectivity index (χ1) is 8.42. The van der Waals surface area contributed by atoms with Crippen LogP contribution in [0.1, 0.15) is 17.2 Å². The van der Waals surface area contributed by atoms with Gasteiger partial charge in [0.05, 0.1) is 6.20 Å². The van der Waals surface area contributed by atoms with Crippen LogP contribution in [0.15, 0.2) is 47.2 Å². The number of hydrogen-bond acceptors (Lipinski definition) is 4. The normalized spacial score (nSPS) is 14.0. The number of rotatable bonds is 3. The van der Waals surface area contributed by atoms with E-state index in [2.05, 4.69) is 17.1 Å². The van der Waals surface area contributed by atoms with E-state index in [0.717, 1.165) is 12.2 Å². The molecule has 2 aromatic rings. The Morgan fingerprint density at radius 3 is 2.82 bits per heavy atom. The molecule has 2 heterocycles. The first kappa shape index (κ1) is 9.96. The van der Waals surface area contributed by atoms with E-state index in [9.17, 15) is 0 Å². The Morgan fingerprint density at radius 1 is 1.18 bits per heavy atom. The molecule has 4 heteroatoms. The lowest BCUT2D eigenvalue weighted by Crippen LogP contribution is -1.86. The summed E-state index contributed by atoms with van der Waals surface area (Å²) in [4.78, 5) is 4.15. The van der Waals surface area contributed by atoms with E-state index in [1.165, 1.54) is 11.8 Å². The fourth-order valence-corrected chi connectivity index (χ4v) is 1.65. The standard InChI is InChI=1S/C13H11NO3/c1-2-4-10(5-3-1)6-11-7-14-13(17-11)12-8-15-9-16-12/h1-5,7-8H,6,9H2. The van der Waals surface area contributed by atoms with Gasteiger partial charge < -0.3 is 13.9 Å². The van der Waals surface area contributed by atoms with Gasteiger partial charge in [-0.05, 0) is 5.56 Å². The zero-order valence-corrected chi connectivity index (χ0v) is 9.13. The monoisotopic (exact) mass is 229 g/mol. The second-order valence-corrected chi connectivity index (χ2v) is 3.71. The Bertz CT molecular complexity index is 531. The zero-order valence-electron chi connectivity index (χ0n) is 9.13. The van der Waals surface area contributed by atoms with Gasteiger partial charge >= 0.3 is 0 Å². The van der Waals surface area contributed by atoms with Crippen molar-refractivity contribution in [1.29, 1.82) is 0 Å². The van der Waals surface area contributed by atoms with Crippen molar-refractivity contribution < 1.29 is 13.9 Å². The van der Waals surface area contributed by atoms with Crippen molar-refractivity contribution in [2.75, 3.05) is 6.79 Å². The summed E-state index contributed by atoms with van der Waals surface area (Å²) in [6.45, 7) is 0.228. The lowest BCUT2D eigenvalue weighted by Gasteiger charge is -1.97. The Morgan fingerprint density at radius 2 is 2.06 bits per heavy atom. The number of hydrogen-bond donors (Lipinski definition) is 0. The third-order valence-electron chi connectivity index (χ3n) is 2.46. The van der Waals surface area contributed by atoms with Gasteiger partial charge in [0, 0.05) is 6.42 Å². The third-order valence-corrected chi connectivity index (χ3v) is 2.46. The lowest BCUT2D eigenvalue weighted by molar-refractivity contribution is 0.0986. The largest absolute Gasteiger partial charge is 0.461 e. The van der Waals surface area contributed by atoms with Crippen molar-refractivity contribution >= 4 is 5.76 Å². The van der Waals surface area contributed by atoms with Gasteiger partial charge in [-0.2, -0.15) is 0 Å². The first-order valence-electron chi connectivity index (χ1n) is 5.35. The van der Waals surface area contributed by atoms with E-state index >= 15 is 0 Å². The smallest absolute Gasteiger partial charge is 0.265 e. The second kappa shape index (κ2) is 4.33. The summed E-state index contributed by atoms with van der Waals surface area (Å²) in [5.41, 5.74) is 1.19. The molecule has 0 aliphatic carbocycles. The Labute approximate surface area is 98.5 Å². The summed E-state index contributed by atoms with van der Waals surface area (Å²) in [5, 5.41) is 0. The fraction of sp³-hybridized carbons (Fsp3) is 0.154. The highest BCUT2D eigenvalue weighted by atomic mass is 16.7.